The van der Waals surface area contributed by atoms with Crippen LogP contribution in [0.4, 0.5) is 0 Å². The smallest absolute Gasteiger partial charge is 0.113 e. The van der Waals surface area contributed by atoms with Crippen LogP contribution in [0.5, 0.6) is 0 Å². The lowest BCUT2D eigenvalue weighted by atomic mass is 9.92. The Labute approximate surface area is 129 Å². The van der Waals surface area contributed by atoms with Crippen LogP contribution in [0.2, 0.25) is 5.02 Å². The van der Waals surface area contributed by atoms with Gasteiger partial charge in [-0.05, 0) is 25.0 Å². The van der Waals surface area contributed by atoms with E-state index in [-0.39, 0.29) is 5.54 Å². The number of aromatic nitrogens is 1. The average molecular weight is 307 g/mol. The summed E-state index contributed by atoms with van der Waals surface area (Å²) in [5, 5.41) is 3.95. The molecule has 1 fully saturated rings. The van der Waals surface area contributed by atoms with Crippen molar-refractivity contribution in [1.29, 1.82) is 0 Å². The molecule has 4 heteroatoms. The molecule has 0 atom stereocenters. The molecular weight excluding hydrogens is 288 g/mol. The fourth-order valence-electron chi connectivity index (χ4n) is 2.83. The number of nitrogens with zero attached hydrogens (tertiary/aromatic N) is 1. The number of hydrogen-bond donors (Lipinski definition) is 1. The molecule has 0 radical (unpaired) electrons. The van der Waals surface area contributed by atoms with Gasteiger partial charge in [-0.3, -0.25) is 0 Å². The van der Waals surface area contributed by atoms with E-state index in [9.17, 15) is 0 Å². The fraction of sp³-hybridized carbons (Fsp3) is 0.438. The molecule has 2 N–H and O–H groups in total. The van der Waals surface area contributed by atoms with Gasteiger partial charge in [-0.2, -0.15) is 0 Å². The van der Waals surface area contributed by atoms with E-state index in [0.717, 1.165) is 34.1 Å². The number of nitrogens with two attached hydrogens (primary N) is 1. The summed E-state index contributed by atoms with van der Waals surface area (Å²) in [6, 6.07) is 7.83. The highest BCUT2D eigenvalue weighted by atomic mass is 35.5. The summed E-state index contributed by atoms with van der Waals surface area (Å²) >= 11 is 7.62. The summed E-state index contributed by atoms with van der Waals surface area (Å²) < 4.78 is 0. The predicted octanol–water partition coefficient (Wildman–Crippen LogP) is 4.97. The van der Waals surface area contributed by atoms with Crippen molar-refractivity contribution in [2.45, 2.75) is 44.1 Å². The molecule has 0 unspecified atom stereocenters. The van der Waals surface area contributed by atoms with Gasteiger partial charge in [0.15, 0.2) is 0 Å². The lowest BCUT2D eigenvalue weighted by molar-refractivity contribution is 0.384. The molecule has 0 saturated heterocycles. The Hall–Kier alpha value is -0.900. The molecule has 1 aromatic carbocycles. The van der Waals surface area contributed by atoms with Crippen molar-refractivity contribution in [2.24, 2.45) is 5.73 Å². The molecule has 0 bridgehead atoms. The number of halogens is 1. The standard InChI is InChI=1S/C16H19ClN2S/c17-13-7-5-12(6-8-13)14-11-20-15(19-14)16(18)9-3-1-2-4-10-16/h5-8,11H,1-4,9-10,18H2. The zero-order chi connectivity index (χ0) is 14.0. The van der Waals surface area contributed by atoms with Gasteiger partial charge < -0.3 is 5.73 Å². The lowest BCUT2D eigenvalue weighted by Crippen LogP contribution is -2.35. The highest BCUT2D eigenvalue weighted by Crippen LogP contribution is 2.36. The molecule has 0 amide bonds. The van der Waals surface area contributed by atoms with Crippen LogP contribution in [0.1, 0.15) is 43.5 Å². The highest BCUT2D eigenvalue weighted by molar-refractivity contribution is 7.10. The molecule has 1 aliphatic rings. The zero-order valence-electron chi connectivity index (χ0n) is 11.4. The monoisotopic (exact) mass is 306 g/mol. The lowest BCUT2D eigenvalue weighted by Gasteiger charge is -2.25. The predicted molar refractivity (Wildman–Crippen MR) is 86.1 cm³/mol. The maximum atomic E-state index is 6.62. The third-order valence-corrected chi connectivity index (χ3v) is 5.38. The van der Waals surface area contributed by atoms with Crippen molar-refractivity contribution in [3.05, 3.63) is 39.7 Å². The number of hydrogen-bond acceptors (Lipinski definition) is 3. The SMILES string of the molecule is NC1(c2nc(-c3ccc(Cl)cc3)cs2)CCCCCC1. The van der Waals surface area contributed by atoms with Crippen molar-refractivity contribution in [3.8, 4) is 11.3 Å². The molecule has 0 aliphatic heterocycles. The Bertz CT molecular complexity index is 568. The Morgan fingerprint density at radius 1 is 1.05 bits per heavy atom. The topological polar surface area (TPSA) is 38.9 Å². The maximum Gasteiger partial charge on any atom is 0.113 e. The molecule has 1 saturated carbocycles. The normalized spacial score (nSPS) is 18.7. The molecular formula is C16H19ClN2S. The number of benzene rings is 1. The van der Waals surface area contributed by atoms with E-state index in [1.54, 1.807) is 11.3 Å². The van der Waals surface area contributed by atoms with E-state index in [1.165, 1.54) is 25.7 Å². The first-order valence-corrected chi connectivity index (χ1v) is 8.44. The van der Waals surface area contributed by atoms with Crippen LogP contribution in [-0.4, -0.2) is 4.98 Å². The Balaban J connectivity index is 1.87. The van der Waals surface area contributed by atoms with E-state index in [0.29, 0.717) is 0 Å². The van der Waals surface area contributed by atoms with Crippen molar-refractivity contribution < 1.29 is 0 Å². The van der Waals surface area contributed by atoms with Crippen molar-refractivity contribution in [1.82, 2.24) is 4.98 Å². The van der Waals surface area contributed by atoms with E-state index in [1.807, 2.05) is 24.3 Å². The van der Waals surface area contributed by atoms with Crippen molar-refractivity contribution in [3.63, 3.8) is 0 Å². The van der Waals surface area contributed by atoms with Gasteiger partial charge in [0, 0.05) is 16.0 Å². The molecule has 106 valence electrons. The third-order valence-electron chi connectivity index (χ3n) is 4.07. The van der Waals surface area contributed by atoms with Gasteiger partial charge >= 0.3 is 0 Å². The van der Waals surface area contributed by atoms with Crippen LogP contribution in [0.15, 0.2) is 29.6 Å². The molecule has 3 rings (SSSR count). The zero-order valence-corrected chi connectivity index (χ0v) is 13.0. The van der Waals surface area contributed by atoms with Crippen LogP contribution in [0, 0.1) is 0 Å². The molecule has 0 spiro atoms. The Kier molecular flexibility index (Phi) is 4.11. The van der Waals surface area contributed by atoms with E-state index >= 15 is 0 Å². The van der Waals surface area contributed by atoms with Crippen LogP contribution >= 0.6 is 22.9 Å². The maximum absolute atomic E-state index is 6.62. The molecule has 1 heterocycles. The summed E-state index contributed by atoms with van der Waals surface area (Å²) in [6.45, 7) is 0. The molecule has 2 nitrogen and oxygen atoms in total. The van der Waals surface area contributed by atoms with Gasteiger partial charge in [-0.1, -0.05) is 49.4 Å². The summed E-state index contributed by atoms with van der Waals surface area (Å²) in [5.74, 6) is 0. The third kappa shape index (κ3) is 2.90. The summed E-state index contributed by atoms with van der Waals surface area (Å²) in [5.41, 5.74) is 8.52. The van der Waals surface area contributed by atoms with E-state index < -0.39 is 0 Å². The first-order valence-electron chi connectivity index (χ1n) is 7.18. The largest absolute Gasteiger partial charge is 0.319 e. The Morgan fingerprint density at radius 3 is 2.35 bits per heavy atom. The molecule has 1 aromatic heterocycles. The van der Waals surface area contributed by atoms with Crippen LogP contribution < -0.4 is 5.73 Å². The minimum atomic E-state index is -0.216. The number of thiazole rings is 1. The van der Waals surface area contributed by atoms with Gasteiger partial charge in [0.25, 0.3) is 0 Å². The molecule has 20 heavy (non-hydrogen) atoms. The Morgan fingerprint density at radius 2 is 1.70 bits per heavy atom. The van der Waals surface area contributed by atoms with Crippen molar-refractivity contribution in [2.75, 3.05) is 0 Å². The van der Waals surface area contributed by atoms with E-state index in [4.69, 9.17) is 22.3 Å². The van der Waals surface area contributed by atoms with Gasteiger partial charge in [0.05, 0.1) is 11.2 Å². The first-order chi connectivity index (χ1) is 9.67. The summed E-state index contributed by atoms with van der Waals surface area (Å²) in [4.78, 5) is 4.80. The first kappa shape index (κ1) is 14.1. The van der Waals surface area contributed by atoms with Crippen LogP contribution in [-0.2, 0) is 5.54 Å². The van der Waals surface area contributed by atoms with Gasteiger partial charge in [-0.25, -0.2) is 4.98 Å². The summed E-state index contributed by atoms with van der Waals surface area (Å²) in [7, 11) is 0. The molecule has 2 aromatic rings. The minimum Gasteiger partial charge on any atom is -0.319 e. The second-order valence-electron chi connectivity index (χ2n) is 5.62. The van der Waals surface area contributed by atoms with Crippen molar-refractivity contribution >= 4 is 22.9 Å². The average Bonchev–Trinajstić information content (AvgIpc) is 2.84. The van der Waals surface area contributed by atoms with Crippen LogP contribution in [0.25, 0.3) is 11.3 Å². The highest BCUT2D eigenvalue weighted by Gasteiger charge is 2.31. The van der Waals surface area contributed by atoms with Gasteiger partial charge in [0.1, 0.15) is 5.01 Å². The summed E-state index contributed by atoms with van der Waals surface area (Å²) in [6.07, 6.45) is 7.14. The second-order valence-corrected chi connectivity index (χ2v) is 6.91. The minimum absolute atomic E-state index is 0.216. The fourth-order valence-corrected chi connectivity index (χ4v) is 3.96. The van der Waals surface area contributed by atoms with Gasteiger partial charge in [-0.15, -0.1) is 11.3 Å². The van der Waals surface area contributed by atoms with Gasteiger partial charge in [0.2, 0.25) is 0 Å². The van der Waals surface area contributed by atoms with Crippen LogP contribution in [0.3, 0.4) is 0 Å². The quantitative estimate of drug-likeness (QED) is 0.795. The number of rotatable bonds is 2. The molecule has 1 aliphatic carbocycles. The second kappa shape index (κ2) is 5.84. The van der Waals surface area contributed by atoms with E-state index in [2.05, 4.69) is 5.38 Å².